The molecule has 0 radical (unpaired) electrons. The molecule has 1 fully saturated rings. The van der Waals surface area contributed by atoms with Crippen molar-refractivity contribution in [2.45, 2.75) is 18.5 Å². The molecule has 18 heavy (non-hydrogen) atoms. The fourth-order valence-corrected chi connectivity index (χ4v) is 1.74. The number of nitrogens with one attached hydrogen (secondary N) is 1. The second-order valence-electron chi connectivity index (χ2n) is 3.94. The lowest BCUT2D eigenvalue weighted by atomic mass is 10.1. The molecule has 0 aromatic heterocycles. The lowest BCUT2D eigenvalue weighted by Crippen LogP contribution is -2.59. The number of nitrogens with zero attached hydrogens (tertiary/aromatic N) is 1. The summed E-state index contributed by atoms with van der Waals surface area (Å²) < 4.78 is 5.13. The Morgan fingerprint density at radius 1 is 1.56 bits per heavy atom. The summed E-state index contributed by atoms with van der Waals surface area (Å²) >= 11 is 0. The van der Waals surface area contributed by atoms with Gasteiger partial charge in [-0.2, -0.15) is 0 Å². The van der Waals surface area contributed by atoms with Crippen molar-refractivity contribution in [2.24, 2.45) is 5.73 Å². The lowest BCUT2D eigenvalue weighted by molar-refractivity contribution is -0.151. The van der Waals surface area contributed by atoms with Crippen LogP contribution in [0.1, 0.15) is 6.42 Å². The van der Waals surface area contributed by atoms with Crippen molar-refractivity contribution in [3.8, 4) is 0 Å². The van der Waals surface area contributed by atoms with Crippen LogP contribution in [-0.2, 0) is 19.1 Å². The number of nitrogens with two attached hydrogens (primary N) is 1. The zero-order valence-corrected chi connectivity index (χ0v) is 10.1. The maximum atomic E-state index is 12.0. The number of morpholine rings is 1. The van der Waals surface area contributed by atoms with Gasteiger partial charge in [0.15, 0.2) is 0 Å². The van der Waals surface area contributed by atoms with Crippen LogP contribution in [0.3, 0.4) is 0 Å². The first-order valence-electron chi connectivity index (χ1n) is 5.54. The summed E-state index contributed by atoms with van der Waals surface area (Å²) in [6.07, 6.45) is -0.462. The Morgan fingerprint density at radius 2 is 2.22 bits per heavy atom. The van der Waals surface area contributed by atoms with E-state index in [1.165, 1.54) is 11.9 Å². The van der Waals surface area contributed by atoms with Gasteiger partial charge in [0, 0.05) is 13.6 Å². The average molecular weight is 259 g/mol. The van der Waals surface area contributed by atoms with Gasteiger partial charge in [0.25, 0.3) is 0 Å². The number of likely N-dealkylation sites (N-methyl/N-ethyl adjacent to an activating group) is 1. The third kappa shape index (κ3) is 3.41. The molecule has 4 N–H and O–H groups in total. The minimum Gasteiger partial charge on any atom is -0.481 e. The van der Waals surface area contributed by atoms with Gasteiger partial charge >= 0.3 is 5.97 Å². The summed E-state index contributed by atoms with van der Waals surface area (Å²) in [6, 6.07) is -1.90. The number of aliphatic carboxylic acids is 1. The molecule has 1 aliphatic heterocycles. The van der Waals surface area contributed by atoms with Gasteiger partial charge in [0.05, 0.1) is 25.7 Å². The first-order chi connectivity index (χ1) is 8.47. The van der Waals surface area contributed by atoms with Crippen molar-refractivity contribution in [1.82, 2.24) is 10.2 Å². The predicted molar refractivity (Wildman–Crippen MR) is 60.6 cm³/mol. The van der Waals surface area contributed by atoms with Crippen molar-refractivity contribution in [3.63, 3.8) is 0 Å². The lowest BCUT2D eigenvalue weighted by Gasteiger charge is -2.35. The second-order valence-corrected chi connectivity index (χ2v) is 3.94. The van der Waals surface area contributed by atoms with Gasteiger partial charge in [-0.15, -0.1) is 0 Å². The van der Waals surface area contributed by atoms with E-state index < -0.39 is 30.4 Å². The molecule has 8 heteroatoms. The molecule has 0 bridgehead atoms. The molecular weight excluding hydrogens is 242 g/mol. The van der Waals surface area contributed by atoms with Gasteiger partial charge in [-0.1, -0.05) is 0 Å². The Balaban J connectivity index is 2.73. The van der Waals surface area contributed by atoms with Gasteiger partial charge in [-0.25, -0.2) is 0 Å². The Kier molecular flexibility index (Phi) is 5.05. The number of carboxylic acid groups (broad SMARTS) is 1. The number of carbonyl (C=O) groups is 3. The Morgan fingerprint density at radius 3 is 2.78 bits per heavy atom. The third-order valence-corrected chi connectivity index (χ3v) is 2.67. The Bertz CT molecular complexity index is 346. The summed E-state index contributed by atoms with van der Waals surface area (Å²) in [5.74, 6) is -2.06. The van der Waals surface area contributed by atoms with Crippen LogP contribution in [0.5, 0.6) is 0 Å². The molecule has 0 aliphatic carbocycles. The predicted octanol–water partition coefficient (Wildman–Crippen LogP) is -2.24. The molecule has 1 rings (SSSR count). The number of rotatable bonds is 4. The molecule has 2 amide bonds. The molecular formula is C10H17N3O5. The van der Waals surface area contributed by atoms with Crippen LogP contribution in [-0.4, -0.2) is 66.7 Å². The topological polar surface area (TPSA) is 122 Å². The highest BCUT2D eigenvalue weighted by atomic mass is 16.5. The number of carboxylic acids is 1. The molecule has 0 aromatic carbocycles. The highest BCUT2D eigenvalue weighted by molar-refractivity contribution is 5.91. The zero-order valence-electron chi connectivity index (χ0n) is 10.1. The zero-order chi connectivity index (χ0) is 13.7. The molecule has 0 spiro atoms. The first kappa shape index (κ1) is 14.4. The fourth-order valence-electron chi connectivity index (χ4n) is 1.74. The van der Waals surface area contributed by atoms with E-state index in [4.69, 9.17) is 15.6 Å². The minimum atomic E-state index is -1.15. The van der Waals surface area contributed by atoms with Crippen LogP contribution in [0, 0.1) is 0 Å². The number of ether oxygens (including phenoxy) is 1. The third-order valence-electron chi connectivity index (χ3n) is 2.67. The molecule has 102 valence electrons. The smallest absolute Gasteiger partial charge is 0.305 e. The van der Waals surface area contributed by atoms with E-state index in [1.807, 2.05) is 0 Å². The van der Waals surface area contributed by atoms with Crippen molar-refractivity contribution < 1.29 is 24.2 Å². The van der Waals surface area contributed by atoms with Gasteiger partial charge in [0.1, 0.15) is 6.04 Å². The molecule has 2 atom stereocenters. The van der Waals surface area contributed by atoms with Crippen LogP contribution in [0.2, 0.25) is 0 Å². The van der Waals surface area contributed by atoms with E-state index in [0.717, 1.165) is 0 Å². The van der Waals surface area contributed by atoms with E-state index in [-0.39, 0.29) is 19.1 Å². The summed E-state index contributed by atoms with van der Waals surface area (Å²) in [5, 5.41) is 11.0. The molecule has 2 unspecified atom stereocenters. The van der Waals surface area contributed by atoms with Crippen LogP contribution in [0.15, 0.2) is 0 Å². The fraction of sp³-hybridized carbons (Fsp3) is 0.700. The summed E-state index contributed by atoms with van der Waals surface area (Å²) in [6.45, 7) is 0.620. The van der Waals surface area contributed by atoms with Gasteiger partial charge in [0.2, 0.25) is 11.8 Å². The maximum absolute atomic E-state index is 12.0. The number of carbonyl (C=O) groups excluding carboxylic acids is 2. The second kappa shape index (κ2) is 6.31. The highest BCUT2D eigenvalue weighted by Gasteiger charge is 2.35. The largest absolute Gasteiger partial charge is 0.481 e. The summed E-state index contributed by atoms with van der Waals surface area (Å²) in [4.78, 5) is 35.3. The van der Waals surface area contributed by atoms with Gasteiger partial charge < -0.3 is 25.8 Å². The van der Waals surface area contributed by atoms with E-state index in [0.29, 0.717) is 6.61 Å². The molecule has 1 heterocycles. The monoisotopic (exact) mass is 259 g/mol. The number of amides is 2. The molecule has 8 nitrogen and oxygen atoms in total. The van der Waals surface area contributed by atoms with E-state index in [2.05, 4.69) is 5.32 Å². The van der Waals surface area contributed by atoms with Crippen LogP contribution in [0.4, 0.5) is 0 Å². The van der Waals surface area contributed by atoms with Crippen molar-refractivity contribution in [3.05, 3.63) is 0 Å². The van der Waals surface area contributed by atoms with Gasteiger partial charge in [-0.3, -0.25) is 14.4 Å². The first-order valence-corrected chi connectivity index (χ1v) is 5.54. The van der Waals surface area contributed by atoms with Crippen molar-refractivity contribution >= 4 is 17.8 Å². The highest BCUT2D eigenvalue weighted by Crippen LogP contribution is 2.10. The molecule has 0 aromatic rings. The summed E-state index contributed by atoms with van der Waals surface area (Å²) in [5.41, 5.74) is 5.51. The van der Waals surface area contributed by atoms with Crippen LogP contribution in [0.25, 0.3) is 0 Å². The van der Waals surface area contributed by atoms with Crippen molar-refractivity contribution in [1.29, 1.82) is 0 Å². The van der Waals surface area contributed by atoms with E-state index >= 15 is 0 Å². The van der Waals surface area contributed by atoms with Crippen LogP contribution < -0.4 is 11.1 Å². The van der Waals surface area contributed by atoms with E-state index in [9.17, 15) is 14.4 Å². The van der Waals surface area contributed by atoms with E-state index in [1.54, 1.807) is 0 Å². The number of hydrogen-bond donors (Lipinski definition) is 3. The normalized spacial score (nSPS) is 21.2. The quantitative estimate of drug-likeness (QED) is 0.525. The minimum absolute atomic E-state index is 0.0885. The van der Waals surface area contributed by atoms with Gasteiger partial charge in [-0.05, 0) is 0 Å². The number of hydrogen-bond acceptors (Lipinski definition) is 5. The Labute approximate surface area is 104 Å². The maximum Gasteiger partial charge on any atom is 0.305 e. The summed E-state index contributed by atoms with van der Waals surface area (Å²) in [7, 11) is 1.46. The Hall–Kier alpha value is -1.67. The average Bonchev–Trinajstić information content (AvgIpc) is 2.36. The van der Waals surface area contributed by atoms with Crippen LogP contribution >= 0.6 is 0 Å². The molecule has 0 saturated carbocycles. The van der Waals surface area contributed by atoms with Crippen molar-refractivity contribution in [2.75, 3.05) is 26.8 Å². The SMILES string of the molecule is CNC(=O)C1COCCN1C(=O)C(N)CC(=O)O. The molecule has 1 saturated heterocycles. The molecule has 1 aliphatic rings. The standard InChI is InChI=1S/C10H17N3O5/c1-12-9(16)7-5-18-3-2-13(7)10(17)6(11)4-8(14)15/h6-7H,2-5,11H2,1H3,(H,12,16)(H,14,15).